The van der Waals surface area contributed by atoms with E-state index in [1.54, 1.807) is 24.3 Å². The van der Waals surface area contributed by atoms with Gasteiger partial charge in [0.1, 0.15) is 11.6 Å². The van der Waals surface area contributed by atoms with Gasteiger partial charge in [0, 0.05) is 24.0 Å². The number of nitrogens with one attached hydrogen (secondary N) is 2. The van der Waals surface area contributed by atoms with Crippen molar-refractivity contribution in [2.24, 2.45) is 0 Å². The molecule has 0 unspecified atom stereocenters. The number of nitrogens with zero attached hydrogens (tertiary/aromatic N) is 1. The van der Waals surface area contributed by atoms with Crippen molar-refractivity contribution < 1.29 is 19.5 Å². The van der Waals surface area contributed by atoms with E-state index in [9.17, 15) is 14.4 Å². The molecule has 7 nitrogen and oxygen atoms in total. The normalized spacial score (nSPS) is 10.5. The van der Waals surface area contributed by atoms with Gasteiger partial charge >= 0.3 is 5.97 Å². The summed E-state index contributed by atoms with van der Waals surface area (Å²) in [5.74, 6) is -1.77. The third kappa shape index (κ3) is 5.46. The average molecular weight is 301 g/mol. The fourth-order valence-electron chi connectivity index (χ4n) is 1.52. The number of aliphatic carboxylic acids is 1. The van der Waals surface area contributed by atoms with Crippen LogP contribution in [0.1, 0.15) is 23.7 Å². The maximum absolute atomic E-state index is 11.9. The van der Waals surface area contributed by atoms with Crippen LogP contribution in [0.4, 0.5) is 5.69 Å². The van der Waals surface area contributed by atoms with Crippen molar-refractivity contribution >= 4 is 23.3 Å². The van der Waals surface area contributed by atoms with Gasteiger partial charge in [0.2, 0.25) is 0 Å². The summed E-state index contributed by atoms with van der Waals surface area (Å²) in [5.41, 5.74) is 0.642. The van der Waals surface area contributed by atoms with Crippen molar-refractivity contribution in [3.05, 3.63) is 41.6 Å². The number of hydrogen-bond donors (Lipinski definition) is 3. The number of anilines is 1. The summed E-state index contributed by atoms with van der Waals surface area (Å²) in [7, 11) is 0. The van der Waals surface area contributed by atoms with Gasteiger partial charge in [-0.15, -0.1) is 0 Å². The van der Waals surface area contributed by atoms with Gasteiger partial charge in [-0.25, -0.2) is 0 Å². The van der Waals surface area contributed by atoms with Gasteiger partial charge in [0.15, 0.2) is 5.78 Å². The molecule has 0 saturated carbocycles. The lowest BCUT2D eigenvalue weighted by molar-refractivity contribution is -0.136. The first-order valence-electron chi connectivity index (χ1n) is 6.42. The highest BCUT2D eigenvalue weighted by molar-refractivity contribution is 6.07. The maximum atomic E-state index is 11.9. The average Bonchev–Trinajstić information content (AvgIpc) is 2.47. The Morgan fingerprint density at radius 3 is 2.68 bits per heavy atom. The Labute approximate surface area is 127 Å². The molecule has 0 fully saturated rings. The molecule has 114 valence electrons. The fraction of sp³-hybridized carbons (Fsp3) is 0.200. The Bertz CT molecular complexity index is 659. The standard InChI is InChI=1S/C15H15N3O4/c1-10(19)11-3-2-4-13(7-11)18-15(22)12(8-16)9-17-6-5-14(20)21/h2-4,7,9,17H,5-6H2,1H3,(H,18,22)(H,20,21)/b12-9-. The van der Waals surface area contributed by atoms with E-state index in [-0.39, 0.29) is 24.3 Å². The van der Waals surface area contributed by atoms with E-state index < -0.39 is 11.9 Å². The van der Waals surface area contributed by atoms with Crippen molar-refractivity contribution in [1.82, 2.24) is 5.32 Å². The molecule has 1 rings (SSSR count). The van der Waals surface area contributed by atoms with Crippen LogP contribution in [0.2, 0.25) is 0 Å². The number of carboxylic acids is 1. The van der Waals surface area contributed by atoms with E-state index in [1.165, 1.54) is 13.0 Å². The molecule has 7 heteroatoms. The molecule has 0 atom stereocenters. The zero-order valence-corrected chi connectivity index (χ0v) is 11.9. The Morgan fingerprint density at radius 2 is 2.09 bits per heavy atom. The number of carbonyl (C=O) groups is 3. The Morgan fingerprint density at radius 1 is 1.36 bits per heavy atom. The number of nitriles is 1. The number of benzene rings is 1. The van der Waals surface area contributed by atoms with Crippen LogP contribution in [0.25, 0.3) is 0 Å². The van der Waals surface area contributed by atoms with Crippen LogP contribution < -0.4 is 10.6 Å². The summed E-state index contributed by atoms with van der Waals surface area (Å²) in [6, 6.07) is 8.06. The Balaban J connectivity index is 2.71. The zero-order chi connectivity index (χ0) is 16.5. The Kier molecular flexibility index (Phi) is 6.32. The van der Waals surface area contributed by atoms with Crippen LogP contribution >= 0.6 is 0 Å². The number of carbonyl (C=O) groups excluding carboxylic acids is 2. The summed E-state index contributed by atoms with van der Waals surface area (Å²) < 4.78 is 0. The van der Waals surface area contributed by atoms with Gasteiger partial charge in [0.25, 0.3) is 5.91 Å². The van der Waals surface area contributed by atoms with Crippen LogP contribution in [-0.2, 0) is 9.59 Å². The molecule has 0 aliphatic rings. The van der Waals surface area contributed by atoms with E-state index in [1.807, 2.05) is 0 Å². The fourth-order valence-corrected chi connectivity index (χ4v) is 1.52. The lowest BCUT2D eigenvalue weighted by atomic mass is 10.1. The first-order valence-corrected chi connectivity index (χ1v) is 6.42. The van der Waals surface area contributed by atoms with Gasteiger partial charge in [-0.3, -0.25) is 14.4 Å². The molecule has 0 aromatic heterocycles. The van der Waals surface area contributed by atoms with Crippen molar-refractivity contribution in [3.63, 3.8) is 0 Å². The topological polar surface area (TPSA) is 119 Å². The molecule has 0 aliphatic heterocycles. The van der Waals surface area contributed by atoms with Crippen molar-refractivity contribution in [3.8, 4) is 6.07 Å². The molecule has 0 heterocycles. The summed E-state index contributed by atoms with van der Waals surface area (Å²) in [6.07, 6.45) is 1.03. The van der Waals surface area contributed by atoms with E-state index >= 15 is 0 Å². The summed E-state index contributed by atoms with van der Waals surface area (Å²) in [6.45, 7) is 1.52. The van der Waals surface area contributed by atoms with Gasteiger partial charge < -0.3 is 15.7 Å². The molecular weight excluding hydrogens is 286 g/mol. The summed E-state index contributed by atoms with van der Waals surface area (Å²) in [5, 5.41) is 22.5. The summed E-state index contributed by atoms with van der Waals surface area (Å²) >= 11 is 0. The highest BCUT2D eigenvalue weighted by Gasteiger charge is 2.10. The number of hydrogen-bond acceptors (Lipinski definition) is 5. The first kappa shape index (κ1) is 16.9. The second-order valence-electron chi connectivity index (χ2n) is 4.36. The molecule has 22 heavy (non-hydrogen) atoms. The maximum Gasteiger partial charge on any atom is 0.305 e. The summed E-state index contributed by atoms with van der Waals surface area (Å²) in [4.78, 5) is 33.5. The van der Waals surface area contributed by atoms with E-state index in [0.29, 0.717) is 11.3 Å². The van der Waals surface area contributed by atoms with E-state index in [2.05, 4.69) is 10.6 Å². The van der Waals surface area contributed by atoms with Crippen LogP contribution in [0.15, 0.2) is 36.0 Å². The molecule has 1 aromatic carbocycles. The SMILES string of the molecule is CC(=O)c1cccc(NC(=O)/C(C#N)=C\NCCC(=O)O)c1. The highest BCUT2D eigenvalue weighted by Crippen LogP contribution is 2.12. The minimum atomic E-state index is -0.982. The molecule has 0 radical (unpaired) electrons. The second kappa shape index (κ2) is 8.21. The number of amides is 1. The monoisotopic (exact) mass is 301 g/mol. The van der Waals surface area contributed by atoms with Crippen LogP contribution in [0.5, 0.6) is 0 Å². The predicted molar refractivity (Wildman–Crippen MR) is 79.0 cm³/mol. The minimum absolute atomic E-state index is 0.105. The number of Topliss-reactive ketones (excluding diaryl/α,β-unsaturated/α-hetero) is 1. The lowest BCUT2D eigenvalue weighted by Gasteiger charge is -2.06. The quantitative estimate of drug-likeness (QED) is 0.302. The van der Waals surface area contributed by atoms with Crippen molar-refractivity contribution in [2.45, 2.75) is 13.3 Å². The molecular formula is C15H15N3O4. The number of carboxylic acid groups (broad SMARTS) is 1. The molecule has 1 aromatic rings. The van der Waals surface area contributed by atoms with Crippen molar-refractivity contribution in [2.75, 3.05) is 11.9 Å². The van der Waals surface area contributed by atoms with Crippen LogP contribution in [0.3, 0.4) is 0 Å². The first-order chi connectivity index (χ1) is 10.4. The molecule has 0 aliphatic carbocycles. The third-order valence-corrected chi connectivity index (χ3v) is 2.62. The minimum Gasteiger partial charge on any atom is -0.481 e. The van der Waals surface area contributed by atoms with Gasteiger partial charge in [0.05, 0.1) is 6.42 Å². The van der Waals surface area contributed by atoms with Gasteiger partial charge in [-0.05, 0) is 19.1 Å². The molecule has 0 spiro atoms. The Hall–Kier alpha value is -3.14. The highest BCUT2D eigenvalue weighted by atomic mass is 16.4. The zero-order valence-electron chi connectivity index (χ0n) is 11.9. The smallest absolute Gasteiger partial charge is 0.305 e. The molecule has 3 N–H and O–H groups in total. The van der Waals surface area contributed by atoms with Crippen LogP contribution in [-0.4, -0.2) is 29.3 Å². The predicted octanol–water partition coefficient (Wildman–Crippen LogP) is 1.30. The second-order valence-corrected chi connectivity index (χ2v) is 4.36. The number of ketones is 1. The van der Waals surface area contributed by atoms with E-state index in [4.69, 9.17) is 10.4 Å². The van der Waals surface area contributed by atoms with E-state index in [0.717, 1.165) is 6.20 Å². The lowest BCUT2D eigenvalue weighted by Crippen LogP contribution is -2.18. The largest absolute Gasteiger partial charge is 0.481 e. The van der Waals surface area contributed by atoms with Crippen molar-refractivity contribution in [1.29, 1.82) is 5.26 Å². The van der Waals surface area contributed by atoms with Gasteiger partial charge in [-0.2, -0.15) is 5.26 Å². The molecule has 1 amide bonds. The molecule has 0 saturated heterocycles. The van der Waals surface area contributed by atoms with Crippen LogP contribution in [0, 0.1) is 11.3 Å². The third-order valence-electron chi connectivity index (χ3n) is 2.62. The van der Waals surface area contributed by atoms with Gasteiger partial charge in [-0.1, -0.05) is 12.1 Å². The number of rotatable bonds is 7. The molecule has 0 bridgehead atoms.